The number of rotatable bonds is 4. The Hall–Kier alpha value is -2.11. The minimum absolute atomic E-state index is 0.521. The summed E-state index contributed by atoms with van der Waals surface area (Å²) in [4.78, 5) is 4.56. The number of nitrogens with one attached hydrogen (secondary N) is 2. The summed E-state index contributed by atoms with van der Waals surface area (Å²) >= 11 is 0. The number of hydrogen-bond acceptors (Lipinski definition) is 3. The lowest BCUT2D eigenvalue weighted by Gasteiger charge is -2.09. The third kappa shape index (κ3) is 2.83. The van der Waals surface area contributed by atoms with Crippen LogP contribution in [0.1, 0.15) is 25.6 Å². The van der Waals surface area contributed by atoms with E-state index in [4.69, 9.17) is 0 Å². The molecule has 100 valence electrons. The molecule has 0 atom stereocenters. The van der Waals surface area contributed by atoms with Crippen molar-refractivity contribution in [2.75, 3.05) is 6.54 Å². The summed E-state index contributed by atoms with van der Waals surface area (Å²) in [6.07, 6.45) is 4.43. The minimum Gasteiger partial charge on any atom is -0.357 e. The smallest absolute Gasteiger partial charge is 0.191 e. The Morgan fingerprint density at radius 3 is 3.11 bits per heavy atom. The molecule has 0 amide bonds. The zero-order chi connectivity index (χ0) is 13.1. The van der Waals surface area contributed by atoms with Gasteiger partial charge in [0, 0.05) is 18.8 Å². The Morgan fingerprint density at radius 1 is 1.42 bits per heavy atom. The molecule has 1 aliphatic rings. The van der Waals surface area contributed by atoms with E-state index in [0.29, 0.717) is 12.6 Å². The predicted octanol–water partition coefficient (Wildman–Crippen LogP) is 0.947. The summed E-state index contributed by atoms with van der Waals surface area (Å²) in [5, 5.41) is 14.9. The standard InChI is InChI=1S/C13H18N6/c1-2-14-13(16-10-6-7-10)15-9-12-18-17-11-5-3-4-8-19(11)12/h3-5,8,10H,2,6-7,9H2,1H3,(H2,14,15,16). The molecular formula is C13H18N6. The fourth-order valence-electron chi connectivity index (χ4n) is 1.89. The summed E-state index contributed by atoms with van der Waals surface area (Å²) in [5.41, 5.74) is 0.854. The van der Waals surface area contributed by atoms with Crippen LogP contribution in [0.15, 0.2) is 29.4 Å². The van der Waals surface area contributed by atoms with Crippen LogP contribution in [-0.4, -0.2) is 33.1 Å². The van der Waals surface area contributed by atoms with Gasteiger partial charge in [0.15, 0.2) is 17.4 Å². The zero-order valence-corrected chi connectivity index (χ0v) is 11.0. The van der Waals surface area contributed by atoms with Gasteiger partial charge in [-0.3, -0.25) is 4.40 Å². The van der Waals surface area contributed by atoms with Gasteiger partial charge >= 0.3 is 0 Å². The van der Waals surface area contributed by atoms with Crippen LogP contribution in [-0.2, 0) is 6.54 Å². The van der Waals surface area contributed by atoms with Gasteiger partial charge in [0.05, 0.1) is 0 Å². The highest BCUT2D eigenvalue weighted by molar-refractivity contribution is 5.80. The number of nitrogens with zero attached hydrogens (tertiary/aromatic N) is 4. The van der Waals surface area contributed by atoms with Gasteiger partial charge in [-0.05, 0) is 31.9 Å². The van der Waals surface area contributed by atoms with E-state index in [2.05, 4.69) is 32.7 Å². The summed E-state index contributed by atoms with van der Waals surface area (Å²) in [6.45, 7) is 3.45. The lowest BCUT2D eigenvalue weighted by molar-refractivity contribution is 0.796. The molecule has 0 bridgehead atoms. The average Bonchev–Trinajstić information content (AvgIpc) is 3.15. The third-order valence-corrected chi connectivity index (χ3v) is 3.03. The van der Waals surface area contributed by atoms with Crippen LogP contribution in [0, 0.1) is 0 Å². The molecule has 6 nitrogen and oxygen atoms in total. The Labute approximate surface area is 112 Å². The van der Waals surface area contributed by atoms with Gasteiger partial charge in [0.25, 0.3) is 0 Å². The first-order valence-electron chi connectivity index (χ1n) is 6.70. The molecule has 2 aromatic rings. The molecule has 2 N–H and O–H groups in total. The van der Waals surface area contributed by atoms with E-state index in [1.807, 2.05) is 28.8 Å². The van der Waals surface area contributed by atoms with Gasteiger partial charge < -0.3 is 10.6 Å². The first-order chi connectivity index (χ1) is 9.36. The van der Waals surface area contributed by atoms with Crippen molar-refractivity contribution in [1.29, 1.82) is 0 Å². The molecule has 0 unspecified atom stereocenters. The second-order valence-electron chi connectivity index (χ2n) is 4.66. The second-order valence-corrected chi connectivity index (χ2v) is 4.66. The summed E-state index contributed by atoms with van der Waals surface area (Å²) in [7, 11) is 0. The molecule has 0 aromatic carbocycles. The summed E-state index contributed by atoms with van der Waals surface area (Å²) in [6, 6.07) is 6.45. The van der Waals surface area contributed by atoms with Gasteiger partial charge in [0.1, 0.15) is 6.54 Å². The number of fused-ring (bicyclic) bond motifs is 1. The van der Waals surface area contributed by atoms with E-state index < -0.39 is 0 Å². The number of aromatic nitrogens is 3. The molecule has 6 heteroatoms. The van der Waals surface area contributed by atoms with Crippen LogP contribution in [0.4, 0.5) is 0 Å². The SMILES string of the molecule is CCNC(=NCc1nnc2ccccn12)NC1CC1. The van der Waals surface area contributed by atoms with Gasteiger partial charge in [-0.15, -0.1) is 10.2 Å². The third-order valence-electron chi connectivity index (χ3n) is 3.03. The molecule has 1 fully saturated rings. The first kappa shape index (κ1) is 12.0. The maximum atomic E-state index is 4.56. The molecule has 1 aliphatic carbocycles. The molecule has 2 heterocycles. The van der Waals surface area contributed by atoms with E-state index in [1.54, 1.807) is 0 Å². The average molecular weight is 258 g/mol. The Morgan fingerprint density at radius 2 is 2.32 bits per heavy atom. The van der Waals surface area contributed by atoms with Crippen LogP contribution >= 0.6 is 0 Å². The summed E-state index contributed by atoms with van der Waals surface area (Å²) < 4.78 is 1.96. The quantitative estimate of drug-likeness (QED) is 0.633. The van der Waals surface area contributed by atoms with Crippen molar-refractivity contribution in [2.24, 2.45) is 4.99 Å². The molecule has 0 aliphatic heterocycles. The van der Waals surface area contributed by atoms with E-state index in [-0.39, 0.29) is 0 Å². The maximum Gasteiger partial charge on any atom is 0.191 e. The number of pyridine rings is 1. The number of hydrogen-bond donors (Lipinski definition) is 2. The summed E-state index contributed by atoms with van der Waals surface area (Å²) in [5.74, 6) is 1.71. The highest BCUT2D eigenvalue weighted by atomic mass is 15.3. The molecule has 2 aromatic heterocycles. The van der Waals surface area contributed by atoms with E-state index in [0.717, 1.165) is 24.0 Å². The second kappa shape index (κ2) is 5.26. The largest absolute Gasteiger partial charge is 0.357 e. The van der Waals surface area contributed by atoms with Gasteiger partial charge in [-0.2, -0.15) is 0 Å². The van der Waals surface area contributed by atoms with E-state index >= 15 is 0 Å². The molecule has 0 radical (unpaired) electrons. The fraction of sp³-hybridized carbons (Fsp3) is 0.462. The molecule has 0 spiro atoms. The number of aliphatic imine (C=N–C) groups is 1. The van der Waals surface area contributed by atoms with Gasteiger partial charge in [-0.1, -0.05) is 6.07 Å². The Bertz CT molecular complexity index is 584. The van der Waals surface area contributed by atoms with Crippen molar-refractivity contribution in [3.63, 3.8) is 0 Å². The van der Waals surface area contributed by atoms with E-state index in [9.17, 15) is 0 Å². The monoisotopic (exact) mass is 258 g/mol. The van der Waals surface area contributed by atoms with Crippen molar-refractivity contribution in [1.82, 2.24) is 25.2 Å². The predicted molar refractivity (Wildman–Crippen MR) is 74.0 cm³/mol. The van der Waals surface area contributed by atoms with Crippen LogP contribution in [0.3, 0.4) is 0 Å². The highest BCUT2D eigenvalue weighted by Gasteiger charge is 2.22. The molecule has 0 saturated heterocycles. The van der Waals surface area contributed by atoms with Gasteiger partial charge in [-0.25, -0.2) is 4.99 Å². The maximum absolute atomic E-state index is 4.56. The van der Waals surface area contributed by atoms with Crippen LogP contribution in [0.2, 0.25) is 0 Å². The zero-order valence-electron chi connectivity index (χ0n) is 11.0. The highest BCUT2D eigenvalue weighted by Crippen LogP contribution is 2.18. The topological polar surface area (TPSA) is 66.6 Å². The van der Waals surface area contributed by atoms with Crippen LogP contribution in [0.25, 0.3) is 5.65 Å². The van der Waals surface area contributed by atoms with Crippen molar-refractivity contribution in [2.45, 2.75) is 32.4 Å². The molecular weight excluding hydrogens is 240 g/mol. The van der Waals surface area contributed by atoms with E-state index in [1.165, 1.54) is 12.8 Å². The lowest BCUT2D eigenvalue weighted by Crippen LogP contribution is -2.38. The van der Waals surface area contributed by atoms with Gasteiger partial charge in [0.2, 0.25) is 0 Å². The van der Waals surface area contributed by atoms with Crippen molar-refractivity contribution >= 4 is 11.6 Å². The van der Waals surface area contributed by atoms with Crippen molar-refractivity contribution < 1.29 is 0 Å². The normalized spacial score (nSPS) is 15.7. The number of guanidine groups is 1. The fourth-order valence-corrected chi connectivity index (χ4v) is 1.89. The molecule has 1 saturated carbocycles. The minimum atomic E-state index is 0.521. The molecule has 19 heavy (non-hydrogen) atoms. The first-order valence-corrected chi connectivity index (χ1v) is 6.70. The molecule has 3 rings (SSSR count). The van der Waals surface area contributed by atoms with Crippen LogP contribution in [0.5, 0.6) is 0 Å². The Balaban J connectivity index is 1.75. The van der Waals surface area contributed by atoms with Crippen molar-refractivity contribution in [3.05, 3.63) is 30.2 Å². The Kier molecular flexibility index (Phi) is 3.31. The lowest BCUT2D eigenvalue weighted by atomic mass is 10.4. The van der Waals surface area contributed by atoms with Crippen LogP contribution < -0.4 is 10.6 Å². The van der Waals surface area contributed by atoms with Crippen molar-refractivity contribution in [3.8, 4) is 0 Å².